The fourth-order valence-electron chi connectivity index (χ4n) is 1.69. The summed E-state index contributed by atoms with van der Waals surface area (Å²) in [6.07, 6.45) is 1.54. The van der Waals surface area contributed by atoms with Gasteiger partial charge in [0.25, 0.3) is 5.91 Å². The molecule has 0 spiro atoms. The number of ether oxygens (including phenoxy) is 2. The van der Waals surface area contributed by atoms with E-state index < -0.39 is 0 Å². The second kappa shape index (κ2) is 5.75. The van der Waals surface area contributed by atoms with Gasteiger partial charge in [-0.2, -0.15) is 0 Å². The number of nitrogens with two attached hydrogens (primary N) is 1. The van der Waals surface area contributed by atoms with Gasteiger partial charge in [0.2, 0.25) is 0 Å². The Morgan fingerprint density at radius 1 is 1.25 bits per heavy atom. The molecule has 20 heavy (non-hydrogen) atoms. The van der Waals surface area contributed by atoms with Gasteiger partial charge in [0.1, 0.15) is 17.2 Å². The van der Waals surface area contributed by atoms with Crippen LogP contribution in [-0.4, -0.2) is 25.1 Å². The minimum Gasteiger partial charge on any atom is -0.495 e. The summed E-state index contributed by atoms with van der Waals surface area (Å²) in [5.74, 6) is 0.529. The molecular formula is C13H14ClN3O3. The molecule has 0 aliphatic heterocycles. The molecule has 0 atom stereocenters. The molecule has 0 unspecified atom stereocenters. The highest BCUT2D eigenvalue weighted by atomic mass is 35.5. The van der Waals surface area contributed by atoms with Crippen molar-refractivity contribution in [1.82, 2.24) is 4.98 Å². The van der Waals surface area contributed by atoms with Gasteiger partial charge in [-0.1, -0.05) is 11.6 Å². The Morgan fingerprint density at radius 3 is 2.50 bits per heavy atom. The number of methoxy groups -OCH3 is 2. The second-order valence-corrected chi connectivity index (χ2v) is 4.40. The van der Waals surface area contributed by atoms with Crippen molar-refractivity contribution in [3.63, 3.8) is 0 Å². The van der Waals surface area contributed by atoms with Gasteiger partial charge in [-0.3, -0.25) is 4.79 Å². The van der Waals surface area contributed by atoms with Crippen molar-refractivity contribution in [2.24, 2.45) is 0 Å². The number of hydrogen-bond acceptors (Lipinski definition) is 4. The quantitative estimate of drug-likeness (QED) is 0.808. The predicted molar refractivity (Wildman–Crippen MR) is 77.7 cm³/mol. The first-order chi connectivity index (χ1) is 9.55. The van der Waals surface area contributed by atoms with Crippen LogP contribution in [0.3, 0.4) is 0 Å². The normalized spacial score (nSPS) is 10.2. The largest absolute Gasteiger partial charge is 0.495 e. The Morgan fingerprint density at radius 2 is 1.95 bits per heavy atom. The molecule has 1 aromatic carbocycles. The lowest BCUT2D eigenvalue weighted by molar-refractivity contribution is 0.102. The van der Waals surface area contributed by atoms with Crippen molar-refractivity contribution < 1.29 is 14.3 Å². The Hall–Kier alpha value is -2.34. The van der Waals surface area contributed by atoms with Gasteiger partial charge in [0.05, 0.1) is 24.9 Å². The summed E-state index contributed by atoms with van der Waals surface area (Å²) in [6, 6.07) is 4.69. The summed E-state index contributed by atoms with van der Waals surface area (Å²) in [6.45, 7) is 0. The number of nitrogens with one attached hydrogen (secondary N) is 2. The van der Waals surface area contributed by atoms with E-state index in [9.17, 15) is 4.79 Å². The smallest absolute Gasteiger partial charge is 0.272 e. The molecule has 0 saturated heterocycles. The van der Waals surface area contributed by atoms with E-state index in [0.29, 0.717) is 33.6 Å². The molecule has 106 valence electrons. The van der Waals surface area contributed by atoms with Gasteiger partial charge in [-0.25, -0.2) is 0 Å². The zero-order valence-electron chi connectivity index (χ0n) is 11.0. The lowest BCUT2D eigenvalue weighted by atomic mass is 10.2. The van der Waals surface area contributed by atoms with Crippen LogP contribution in [0.25, 0.3) is 0 Å². The number of hydrogen-bond donors (Lipinski definition) is 3. The number of anilines is 2. The molecule has 0 fully saturated rings. The summed E-state index contributed by atoms with van der Waals surface area (Å²) in [5.41, 5.74) is 6.84. The van der Waals surface area contributed by atoms with Gasteiger partial charge in [0, 0.05) is 24.0 Å². The number of nitrogen functional groups attached to an aromatic ring is 1. The van der Waals surface area contributed by atoms with E-state index in [1.165, 1.54) is 26.5 Å². The standard InChI is InChI=1S/C13H14ClN3O3/c1-19-11-5-9(12(20-2)4-8(11)14)17-13(18)10-3-7(15)6-16-10/h3-6,16H,15H2,1-2H3,(H,17,18). The van der Waals surface area contributed by atoms with Gasteiger partial charge >= 0.3 is 0 Å². The van der Waals surface area contributed by atoms with E-state index in [-0.39, 0.29) is 5.91 Å². The van der Waals surface area contributed by atoms with Crippen molar-refractivity contribution >= 4 is 28.9 Å². The molecule has 0 bridgehead atoms. The van der Waals surface area contributed by atoms with Crippen LogP contribution in [0, 0.1) is 0 Å². The number of carbonyl (C=O) groups excluding carboxylic acids is 1. The number of H-pyrrole nitrogens is 1. The Balaban J connectivity index is 2.30. The Labute approximate surface area is 120 Å². The molecule has 4 N–H and O–H groups in total. The summed E-state index contributed by atoms with van der Waals surface area (Å²) >= 11 is 6.00. The monoisotopic (exact) mass is 295 g/mol. The van der Waals surface area contributed by atoms with Gasteiger partial charge in [-0.15, -0.1) is 0 Å². The minimum atomic E-state index is -0.343. The van der Waals surface area contributed by atoms with Crippen molar-refractivity contribution in [3.8, 4) is 11.5 Å². The number of amides is 1. The van der Waals surface area contributed by atoms with Crippen molar-refractivity contribution in [2.75, 3.05) is 25.3 Å². The van der Waals surface area contributed by atoms with E-state index >= 15 is 0 Å². The Kier molecular flexibility index (Phi) is 4.05. The maximum atomic E-state index is 12.1. The molecule has 1 heterocycles. The summed E-state index contributed by atoms with van der Waals surface area (Å²) in [7, 11) is 2.98. The lowest BCUT2D eigenvalue weighted by Gasteiger charge is -2.12. The molecule has 2 aromatic rings. The average Bonchev–Trinajstić information content (AvgIpc) is 2.87. The van der Waals surface area contributed by atoms with Crippen molar-refractivity contribution in [3.05, 3.63) is 35.1 Å². The third-order valence-corrected chi connectivity index (χ3v) is 2.97. The van der Waals surface area contributed by atoms with Crippen LogP contribution in [0.15, 0.2) is 24.4 Å². The number of benzene rings is 1. The molecule has 1 amide bonds. The third-order valence-electron chi connectivity index (χ3n) is 2.67. The third kappa shape index (κ3) is 2.80. The highest BCUT2D eigenvalue weighted by Gasteiger charge is 2.14. The van der Waals surface area contributed by atoms with Gasteiger partial charge < -0.3 is 25.5 Å². The topological polar surface area (TPSA) is 89.4 Å². The van der Waals surface area contributed by atoms with E-state index in [2.05, 4.69) is 10.3 Å². The molecular weight excluding hydrogens is 282 g/mol. The van der Waals surface area contributed by atoms with Gasteiger partial charge in [0.15, 0.2) is 0 Å². The maximum absolute atomic E-state index is 12.1. The summed E-state index contributed by atoms with van der Waals surface area (Å²) in [4.78, 5) is 14.8. The maximum Gasteiger partial charge on any atom is 0.272 e. The molecule has 0 aliphatic rings. The fraction of sp³-hybridized carbons (Fsp3) is 0.154. The van der Waals surface area contributed by atoms with Crippen LogP contribution in [0.1, 0.15) is 10.5 Å². The summed E-state index contributed by atoms with van der Waals surface area (Å²) < 4.78 is 10.3. The molecule has 0 radical (unpaired) electrons. The zero-order chi connectivity index (χ0) is 14.7. The molecule has 0 saturated carbocycles. The first kappa shape index (κ1) is 14.1. The number of rotatable bonds is 4. The van der Waals surface area contributed by atoms with E-state index in [0.717, 1.165) is 0 Å². The van der Waals surface area contributed by atoms with Crippen LogP contribution in [0.4, 0.5) is 11.4 Å². The van der Waals surface area contributed by atoms with Crippen LogP contribution < -0.4 is 20.5 Å². The predicted octanol–water partition coefficient (Wildman–Crippen LogP) is 2.52. The lowest BCUT2D eigenvalue weighted by Crippen LogP contribution is -2.13. The van der Waals surface area contributed by atoms with E-state index in [1.54, 1.807) is 12.1 Å². The number of aromatic nitrogens is 1. The van der Waals surface area contributed by atoms with Crippen LogP contribution in [-0.2, 0) is 0 Å². The Bertz CT molecular complexity index is 640. The zero-order valence-corrected chi connectivity index (χ0v) is 11.7. The highest BCUT2D eigenvalue weighted by Crippen LogP contribution is 2.36. The molecule has 2 rings (SSSR count). The van der Waals surface area contributed by atoms with Crippen LogP contribution in [0.2, 0.25) is 5.02 Å². The molecule has 6 nitrogen and oxygen atoms in total. The van der Waals surface area contributed by atoms with E-state index in [4.69, 9.17) is 26.8 Å². The van der Waals surface area contributed by atoms with Gasteiger partial charge in [-0.05, 0) is 6.07 Å². The number of carbonyl (C=O) groups is 1. The first-order valence-electron chi connectivity index (χ1n) is 5.72. The molecule has 0 aliphatic carbocycles. The average molecular weight is 296 g/mol. The molecule has 7 heteroatoms. The van der Waals surface area contributed by atoms with Crippen molar-refractivity contribution in [2.45, 2.75) is 0 Å². The fourth-order valence-corrected chi connectivity index (χ4v) is 1.92. The highest BCUT2D eigenvalue weighted by molar-refractivity contribution is 6.32. The minimum absolute atomic E-state index is 0.343. The van der Waals surface area contributed by atoms with Crippen molar-refractivity contribution in [1.29, 1.82) is 0 Å². The molecule has 1 aromatic heterocycles. The number of aromatic amines is 1. The number of halogens is 1. The second-order valence-electron chi connectivity index (χ2n) is 3.99. The first-order valence-corrected chi connectivity index (χ1v) is 6.09. The SMILES string of the molecule is COc1cc(NC(=O)c2cc(N)c[nH]2)c(OC)cc1Cl. The van der Waals surface area contributed by atoms with Crippen LogP contribution in [0.5, 0.6) is 11.5 Å². The summed E-state index contributed by atoms with van der Waals surface area (Å²) in [5, 5.41) is 3.10. The van der Waals surface area contributed by atoms with Crippen LogP contribution >= 0.6 is 11.6 Å². The van der Waals surface area contributed by atoms with E-state index in [1.807, 2.05) is 0 Å².